The Morgan fingerprint density at radius 2 is 1.79 bits per heavy atom. The zero-order chi connectivity index (χ0) is 21.4. The van der Waals surface area contributed by atoms with E-state index in [0.29, 0.717) is 29.9 Å². The summed E-state index contributed by atoms with van der Waals surface area (Å²) in [6.07, 6.45) is 0.462. The van der Waals surface area contributed by atoms with Crippen molar-refractivity contribution < 1.29 is 27.9 Å². The minimum Gasteiger partial charge on any atom is -0.505 e. The molecule has 0 unspecified atom stereocenters. The van der Waals surface area contributed by atoms with Gasteiger partial charge in [0, 0.05) is 24.7 Å². The zero-order valence-corrected chi connectivity index (χ0v) is 17.1. The van der Waals surface area contributed by atoms with Crippen LogP contribution < -0.4 is 4.74 Å². The summed E-state index contributed by atoms with van der Waals surface area (Å²) >= 11 is 0. The van der Waals surface area contributed by atoms with E-state index in [0.717, 1.165) is 0 Å². The number of rotatable bonds is 6. The van der Waals surface area contributed by atoms with Crippen molar-refractivity contribution in [3.8, 4) is 17.2 Å². The summed E-state index contributed by atoms with van der Waals surface area (Å²) < 4.78 is 37.6. The van der Waals surface area contributed by atoms with E-state index in [1.165, 1.54) is 23.0 Å². The van der Waals surface area contributed by atoms with Crippen LogP contribution in [0.3, 0.4) is 0 Å². The van der Waals surface area contributed by atoms with Crippen LogP contribution >= 0.6 is 0 Å². The summed E-state index contributed by atoms with van der Waals surface area (Å²) in [4.78, 5) is 0.903. The Morgan fingerprint density at radius 3 is 2.41 bits per heavy atom. The molecule has 0 bridgehead atoms. The second-order valence-corrected chi connectivity index (χ2v) is 9.05. The maximum absolute atomic E-state index is 11.4. The Morgan fingerprint density at radius 1 is 1.10 bits per heavy atom. The first-order chi connectivity index (χ1) is 13.5. The highest BCUT2D eigenvalue weighted by Crippen LogP contribution is 2.38. The third-order valence-electron chi connectivity index (χ3n) is 4.31. The number of aliphatic hydroxyl groups is 1. The molecule has 1 heterocycles. The Labute approximate surface area is 168 Å². The number of nitrogens with zero attached hydrogens (tertiary/aromatic N) is 3. The molecule has 0 saturated heterocycles. The molecule has 0 aliphatic rings. The van der Waals surface area contributed by atoms with Gasteiger partial charge < -0.3 is 14.9 Å². The average molecular weight is 421 g/mol. The van der Waals surface area contributed by atoms with E-state index in [2.05, 4.69) is 10.2 Å². The molecule has 0 atom stereocenters. The molecule has 10 heteroatoms. The molecule has 0 saturated carbocycles. The number of ether oxygens (including phenoxy) is 1. The second-order valence-electron chi connectivity index (χ2n) is 7.63. The van der Waals surface area contributed by atoms with Crippen LogP contribution in [0.1, 0.15) is 32.8 Å². The first kappa shape index (κ1) is 21.0. The molecule has 156 valence electrons. The Hall–Kier alpha value is -2.69. The van der Waals surface area contributed by atoms with Crippen LogP contribution in [0.15, 0.2) is 35.2 Å². The molecule has 0 aliphatic carbocycles. The van der Waals surface area contributed by atoms with Crippen LogP contribution in [0.4, 0.5) is 0 Å². The van der Waals surface area contributed by atoms with Crippen LogP contribution in [0, 0.1) is 0 Å². The third-order valence-corrected chi connectivity index (χ3v) is 5.16. The smallest absolute Gasteiger partial charge is 0.294 e. The maximum atomic E-state index is 11.4. The van der Waals surface area contributed by atoms with Crippen molar-refractivity contribution in [2.24, 2.45) is 0 Å². The molecule has 0 aliphatic heterocycles. The van der Waals surface area contributed by atoms with E-state index >= 15 is 0 Å². The zero-order valence-electron chi connectivity index (χ0n) is 16.3. The van der Waals surface area contributed by atoms with Gasteiger partial charge in [-0.2, -0.15) is 8.42 Å². The summed E-state index contributed by atoms with van der Waals surface area (Å²) in [5.41, 5.74) is 1.11. The monoisotopic (exact) mass is 421 g/mol. The van der Waals surface area contributed by atoms with Crippen LogP contribution in [0.5, 0.6) is 11.5 Å². The van der Waals surface area contributed by atoms with Crippen LogP contribution in [0.25, 0.3) is 16.7 Å². The predicted molar refractivity (Wildman–Crippen MR) is 106 cm³/mol. The van der Waals surface area contributed by atoms with Crippen molar-refractivity contribution >= 4 is 21.2 Å². The van der Waals surface area contributed by atoms with Gasteiger partial charge in [0.15, 0.2) is 0 Å². The number of aromatic nitrogens is 3. The number of aromatic hydroxyl groups is 1. The third kappa shape index (κ3) is 4.50. The molecular formula is C19H23N3O6S. The Balaban J connectivity index is 2.14. The Kier molecular flexibility index (Phi) is 5.52. The van der Waals surface area contributed by atoms with E-state index in [9.17, 15) is 18.1 Å². The summed E-state index contributed by atoms with van der Waals surface area (Å²) in [5, 5.41) is 28.4. The van der Waals surface area contributed by atoms with Gasteiger partial charge in [-0.1, -0.05) is 20.8 Å². The lowest BCUT2D eigenvalue weighted by Crippen LogP contribution is -2.14. The van der Waals surface area contributed by atoms with Crippen LogP contribution in [-0.2, 0) is 15.5 Å². The molecule has 3 aromatic rings. The first-order valence-electron chi connectivity index (χ1n) is 8.97. The number of aliphatic hydroxyl groups excluding tert-OH is 1. The number of phenolic OH excluding ortho intramolecular Hbond substituents is 1. The van der Waals surface area contributed by atoms with Crippen molar-refractivity contribution in [3.05, 3.63) is 35.9 Å². The normalized spacial score (nSPS) is 12.4. The van der Waals surface area contributed by atoms with E-state index in [-0.39, 0.29) is 28.5 Å². The van der Waals surface area contributed by atoms with Gasteiger partial charge in [0.1, 0.15) is 28.2 Å². The standard InChI is InChI=1S/C19H23N3O6S/c1-19(2,3)14-9-12(28-8-4-7-23)10-17(18(14)24)22-20-15-6-5-13(29(25,26)27)11-16(15)21-22/h5-6,9-11,23-24H,4,7-8H2,1-3H3,(H,25,26,27). The van der Waals surface area contributed by atoms with Crippen molar-refractivity contribution in [2.75, 3.05) is 13.2 Å². The van der Waals surface area contributed by atoms with Crippen molar-refractivity contribution in [2.45, 2.75) is 37.5 Å². The lowest BCUT2D eigenvalue weighted by atomic mass is 9.86. The molecule has 29 heavy (non-hydrogen) atoms. The molecule has 0 amide bonds. The second kappa shape index (κ2) is 7.62. The molecule has 0 fully saturated rings. The molecule has 3 N–H and O–H groups in total. The van der Waals surface area contributed by atoms with Crippen molar-refractivity contribution in [1.82, 2.24) is 15.0 Å². The first-order valence-corrected chi connectivity index (χ1v) is 10.4. The summed E-state index contributed by atoms with van der Waals surface area (Å²) in [6.45, 7) is 6.12. The Bertz CT molecular complexity index is 1150. The van der Waals surface area contributed by atoms with Gasteiger partial charge in [-0.3, -0.25) is 4.55 Å². The minimum absolute atomic E-state index is 0.000726. The fraction of sp³-hybridized carbons (Fsp3) is 0.368. The van der Waals surface area contributed by atoms with Crippen molar-refractivity contribution in [1.29, 1.82) is 0 Å². The number of hydrogen-bond donors (Lipinski definition) is 3. The van der Waals surface area contributed by atoms with E-state index < -0.39 is 15.5 Å². The van der Waals surface area contributed by atoms with Gasteiger partial charge in [-0.15, -0.1) is 15.0 Å². The summed E-state index contributed by atoms with van der Waals surface area (Å²) in [6, 6.07) is 7.16. The van der Waals surface area contributed by atoms with Gasteiger partial charge in [-0.25, -0.2) is 0 Å². The highest BCUT2D eigenvalue weighted by atomic mass is 32.2. The molecule has 9 nitrogen and oxygen atoms in total. The van der Waals surface area contributed by atoms with Gasteiger partial charge in [0.05, 0.1) is 11.5 Å². The molecular weight excluding hydrogens is 398 g/mol. The number of benzene rings is 2. The predicted octanol–water partition coefficient (Wildman–Crippen LogP) is 2.43. The fourth-order valence-corrected chi connectivity index (χ4v) is 3.32. The number of phenols is 1. The number of fused-ring (bicyclic) bond motifs is 1. The van der Waals surface area contributed by atoms with E-state index in [4.69, 9.17) is 9.84 Å². The number of hydrogen-bond acceptors (Lipinski definition) is 7. The molecule has 0 radical (unpaired) electrons. The van der Waals surface area contributed by atoms with Gasteiger partial charge in [0.2, 0.25) is 0 Å². The minimum atomic E-state index is -4.37. The molecule has 0 spiro atoms. The molecule has 3 rings (SSSR count). The SMILES string of the molecule is CC(C)(C)c1cc(OCCCO)cc(-n2nc3ccc(S(=O)(=O)O)cc3n2)c1O. The van der Waals surface area contributed by atoms with Gasteiger partial charge >= 0.3 is 0 Å². The van der Waals surface area contributed by atoms with Crippen LogP contribution in [-0.4, -0.2) is 51.4 Å². The van der Waals surface area contributed by atoms with Gasteiger partial charge in [0.25, 0.3) is 10.1 Å². The van der Waals surface area contributed by atoms with Gasteiger partial charge in [-0.05, 0) is 29.7 Å². The quantitative estimate of drug-likeness (QED) is 0.408. The molecule has 1 aromatic heterocycles. The highest BCUT2D eigenvalue weighted by molar-refractivity contribution is 7.85. The fourth-order valence-electron chi connectivity index (χ4n) is 2.82. The average Bonchev–Trinajstić information content (AvgIpc) is 3.04. The van der Waals surface area contributed by atoms with Crippen LogP contribution in [0.2, 0.25) is 0 Å². The lowest BCUT2D eigenvalue weighted by molar-refractivity contribution is 0.233. The highest BCUT2D eigenvalue weighted by Gasteiger charge is 2.24. The van der Waals surface area contributed by atoms with E-state index in [1.807, 2.05) is 20.8 Å². The summed E-state index contributed by atoms with van der Waals surface area (Å²) in [5.74, 6) is 0.457. The molecule has 2 aromatic carbocycles. The topological polar surface area (TPSA) is 135 Å². The largest absolute Gasteiger partial charge is 0.505 e. The van der Waals surface area contributed by atoms with Crippen molar-refractivity contribution in [3.63, 3.8) is 0 Å². The maximum Gasteiger partial charge on any atom is 0.294 e. The van der Waals surface area contributed by atoms with E-state index in [1.54, 1.807) is 12.1 Å². The lowest BCUT2D eigenvalue weighted by Gasteiger charge is -2.23. The summed E-state index contributed by atoms with van der Waals surface area (Å²) in [7, 11) is -4.37.